The van der Waals surface area contributed by atoms with Gasteiger partial charge in [0.1, 0.15) is 12.2 Å². The van der Waals surface area contributed by atoms with E-state index in [4.69, 9.17) is 0 Å². The summed E-state index contributed by atoms with van der Waals surface area (Å²) in [5.41, 5.74) is 0.305. The summed E-state index contributed by atoms with van der Waals surface area (Å²) in [7, 11) is 0. The second kappa shape index (κ2) is 5.41. The van der Waals surface area contributed by atoms with Crippen molar-refractivity contribution in [2.45, 2.75) is 71.8 Å². The molecule has 1 aromatic heterocycles. The molecule has 1 saturated carbocycles. The fourth-order valence-corrected chi connectivity index (χ4v) is 3.54. The molecule has 1 aliphatic carbocycles. The summed E-state index contributed by atoms with van der Waals surface area (Å²) in [6.45, 7) is 10.2. The zero-order chi connectivity index (χ0) is 13.2. The molecule has 3 nitrogen and oxygen atoms in total. The Bertz CT molecular complexity index is 373. The van der Waals surface area contributed by atoms with Crippen LogP contribution in [0.25, 0.3) is 0 Å². The predicted molar refractivity (Wildman–Crippen MR) is 74.5 cm³/mol. The Balaban J connectivity index is 2.28. The van der Waals surface area contributed by atoms with Crippen molar-refractivity contribution in [2.75, 3.05) is 0 Å². The molecule has 102 valence electrons. The zero-order valence-electron chi connectivity index (χ0n) is 12.3. The van der Waals surface area contributed by atoms with Crippen LogP contribution in [0, 0.1) is 11.8 Å². The molecule has 1 aromatic rings. The third-order valence-electron chi connectivity index (χ3n) is 4.01. The van der Waals surface area contributed by atoms with Crippen LogP contribution < -0.4 is 0 Å². The van der Waals surface area contributed by atoms with Crippen LogP contribution in [0.2, 0.25) is 0 Å². The van der Waals surface area contributed by atoms with Crippen molar-refractivity contribution >= 4 is 0 Å². The monoisotopic (exact) mass is 249 g/mol. The SMILES string of the molecule is CC(C)Cn1cnnc1C1(CC(C)C)CCCC1. The molecule has 0 radical (unpaired) electrons. The Labute approximate surface area is 111 Å². The molecule has 3 heteroatoms. The van der Waals surface area contributed by atoms with Gasteiger partial charge < -0.3 is 4.57 Å². The maximum absolute atomic E-state index is 4.49. The third kappa shape index (κ3) is 2.76. The van der Waals surface area contributed by atoms with Gasteiger partial charge >= 0.3 is 0 Å². The molecule has 1 heterocycles. The maximum Gasteiger partial charge on any atom is 0.139 e. The minimum absolute atomic E-state index is 0.305. The fourth-order valence-electron chi connectivity index (χ4n) is 3.54. The summed E-state index contributed by atoms with van der Waals surface area (Å²) in [6.07, 6.45) is 8.46. The highest BCUT2D eigenvalue weighted by Gasteiger charge is 2.40. The van der Waals surface area contributed by atoms with E-state index >= 15 is 0 Å². The smallest absolute Gasteiger partial charge is 0.139 e. The topological polar surface area (TPSA) is 30.7 Å². The average Bonchev–Trinajstić information content (AvgIpc) is 2.85. The van der Waals surface area contributed by atoms with Crippen LogP contribution in [0.3, 0.4) is 0 Å². The Kier molecular flexibility index (Phi) is 4.08. The molecule has 1 aliphatic rings. The van der Waals surface area contributed by atoms with Crippen LogP contribution in [-0.4, -0.2) is 14.8 Å². The summed E-state index contributed by atoms with van der Waals surface area (Å²) in [4.78, 5) is 0. The minimum Gasteiger partial charge on any atom is -0.317 e. The summed E-state index contributed by atoms with van der Waals surface area (Å²) >= 11 is 0. The van der Waals surface area contributed by atoms with E-state index in [-0.39, 0.29) is 0 Å². The van der Waals surface area contributed by atoms with E-state index in [1.807, 2.05) is 6.33 Å². The summed E-state index contributed by atoms with van der Waals surface area (Å²) in [6, 6.07) is 0. The molecule has 0 unspecified atom stereocenters. The van der Waals surface area contributed by atoms with E-state index in [2.05, 4.69) is 42.5 Å². The summed E-state index contributed by atoms with van der Waals surface area (Å²) in [5, 5.41) is 8.67. The quantitative estimate of drug-likeness (QED) is 0.795. The second-order valence-corrected chi connectivity index (χ2v) is 6.79. The summed E-state index contributed by atoms with van der Waals surface area (Å²) in [5.74, 6) is 2.63. The predicted octanol–water partition coefficient (Wildman–Crippen LogP) is 3.79. The van der Waals surface area contributed by atoms with Crippen molar-refractivity contribution in [2.24, 2.45) is 11.8 Å². The Hall–Kier alpha value is -0.860. The fraction of sp³-hybridized carbons (Fsp3) is 0.867. The highest BCUT2D eigenvalue weighted by atomic mass is 15.3. The third-order valence-corrected chi connectivity index (χ3v) is 4.01. The van der Waals surface area contributed by atoms with Crippen LogP contribution in [0.5, 0.6) is 0 Å². The lowest BCUT2D eigenvalue weighted by atomic mass is 9.77. The number of rotatable bonds is 5. The number of nitrogens with zero attached hydrogens (tertiary/aromatic N) is 3. The van der Waals surface area contributed by atoms with Crippen molar-refractivity contribution < 1.29 is 0 Å². The van der Waals surface area contributed by atoms with Crippen molar-refractivity contribution in [1.29, 1.82) is 0 Å². The Morgan fingerprint density at radius 3 is 2.39 bits per heavy atom. The van der Waals surface area contributed by atoms with E-state index < -0.39 is 0 Å². The van der Waals surface area contributed by atoms with Crippen molar-refractivity contribution in [3.63, 3.8) is 0 Å². The lowest BCUT2D eigenvalue weighted by Crippen LogP contribution is -2.29. The van der Waals surface area contributed by atoms with Crippen LogP contribution in [0.4, 0.5) is 0 Å². The van der Waals surface area contributed by atoms with Gasteiger partial charge in [-0.3, -0.25) is 0 Å². The zero-order valence-corrected chi connectivity index (χ0v) is 12.3. The molecule has 2 rings (SSSR count). The van der Waals surface area contributed by atoms with Gasteiger partial charge in [0.05, 0.1) is 0 Å². The maximum atomic E-state index is 4.49. The number of hydrogen-bond acceptors (Lipinski definition) is 2. The molecule has 0 amide bonds. The number of aromatic nitrogens is 3. The first-order valence-corrected chi connectivity index (χ1v) is 7.42. The van der Waals surface area contributed by atoms with Crippen molar-refractivity contribution in [3.05, 3.63) is 12.2 Å². The largest absolute Gasteiger partial charge is 0.317 e. The van der Waals surface area contributed by atoms with Crippen LogP contribution >= 0.6 is 0 Å². The lowest BCUT2D eigenvalue weighted by Gasteiger charge is -2.30. The van der Waals surface area contributed by atoms with E-state index in [1.54, 1.807) is 0 Å². The molecule has 0 bridgehead atoms. The standard InChI is InChI=1S/C15H27N3/c1-12(2)9-15(7-5-6-8-15)14-17-16-11-18(14)10-13(3)4/h11-13H,5-10H2,1-4H3. The molecular formula is C15H27N3. The minimum atomic E-state index is 0.305. The number of hydrogen-bond donors (Lipinski definition) is 0. The highest BCUT2D eigenvalue weighted by molar-refractivity contribution is 5.11. The van der Waals surface area contributed by atoms with E-state index in [0.29, 0.717) is 11.3 Å². The first kappa shape index (κ1) is 13.6. The first-order valence-electron chi connectivity index (χ1n) is 7.42. The normalized spacial score (nSPS) is 19.0. The van der Waals surface area contributed by atoms with E-state index in [9.17, 15) is 0 Å². The van der Waals surface area contributed by atoms with Crippen LogP contribution in [0.1, 0.15) is 65.6 Å². The van der Waals surface area contributed by atoms with Gasteiger partial charge in [-0.2, -0.15) is 0 Å². The van der Waals surface area contributed by atoms with Gasteiger partial charge in [-0.25, -0.2) is 0 Å². The molecule has 0 aromatic carbocycles. The van der Waals surface area contributed by atoms with Crippen LogP contribution in [0.15, 0.2) is 6.33 Å². The van der Waals surface area contributed by atoms with Gasteiger partial charge in [0, 0.05) is 12.0 Å². The molecule has 0 N–H and O–H groups in total. The van der Waals surface area contributed by atoms with E-state index in [0.717, 1.165) is 12.5 Å². The van der Waals surface area contributed by atoms with E-state index in [1.165, 1.54) is 37.9 Å². The molecule has 0 spiro atoms. The van der Waals surface area contributed by atoms with Gasteiger partial charge in [-0.05, 0) is 31.1 Å². The van der Waals surface area contributed by atoms with Gasteiger partial charge in [0.2, 0.25) is 0 Å². The Morgan fingerprint density at radius 1 is 1.17 bits per heavy atom. The molecule has 0 atom stereocenters. The first-order chi connectivity index (χ1) is 8.53. The molecular weight excluding hydrogens is 222 g/mol. The molecule has 0 saturated heterocycles. The Morgan fingerprint density at radius 2 is 1.83 bits per heavy atom. The highest BCUT2D eigenvalue weighted by Crippen LogP contribution is 2.44. The lowest BCUT2D eigenvalue weighted by molar-refractivity contribution is 0.311. The molecule has 1 fully saturated rings. The average molecular weight is 249 g/mol. The van der Waals surface area contributed by atoms with Crippen molar-refractivity contribution in [3.8, 4) is 0 Å². The van der Waals surface area contributed by atoms with Crippen LogP contribution in [-0.2, 0) is 12.0 Å². The van der Waals surface area contributed by atoms with Crippen molar-refractivity contribution in [1.82, 2.24) is 14.8 Å². The second-order valence-electron chi connectivity index (χ2n) is 6.79. The van der Waals surface area contributed by atoms with Gasteiger partial charge in [0.25, 0.3) is 0 Å². The molecule has 18 heavy (non-hydrogen) atoms. The molecule has 0 aliphatic heterocycles. The van der Waals surface area contributed by atoms with Gasteiger partial charge in [0.15, 0.2) is 0 Å². The van der Waals surface area contributed by atoms with Gasteiger partial charge in [-0.1, -0.05) is 40.5 Å². The summed E-state index contributed by atoms with van der Waals surface area (Å²) < 4.78 is 2.30. The van der Waals surface area contributed by atoms with Gasteiger partial charge in [-0.15, -0.1) is 10.2 Å².